The molecular formula is C10H6ClN3. The molecule has 1 N–H and O–H groups in total. The van der Waals surface area contributed by atoms with Crippen LogP contribution in [0.3, 0.4) is 0 Å². The first-order valence-electron chi connectivity index (χ1n) is 4.00. The molecule has 3 nitrogen and oxygen atoms in total. The van der Waals surface area contributed by atoms with Gasteiger partial charge < -0.3 is 4.98 Å². The lowest BCUT2D eigenvalue weighted by Gasteiger charge is -1.99. The van der Waals surface area contributed by atoms with E-state index in [1.165, 1.54) is 0 Å². The minimum atomic E-state index is 0.406. The third-order valence-corrected chi connectivity index (χ3v) is 2.22. The summed E-state index contributed by atoms with van der Waals surface area (Å²) in [6, 6.07) is 5.70. The summed E-state index contributed by atoms with van der Waals surface area (Å²) in [6.45, 7) is 0. The SMILES string of the molecule is N#Cc1c[nH]cc1-c1cccnc1Cl. The molecule has 0 unspecified atom stereocenters. The van der Waals surface area contributed by atoms with Crippen LogP contribution in [-0.2, 0) is 0 Å². The number of hydrogen-bond acceptors (Lipinski definition) is 2. The van der Waals surface area contributed by atoms with E-state index in [1.807, 2.05) is 6.07 Å². The summed E-state index contributed by atoms with van der Waals surface area (Å²) in [5.41, 5.74) is 2.12. The minimum Gasteiger partial charge on any atom is -0.366 e. The third-order valence-electron chi connectivity index (χ3n) is 1.92. The van der Waals surface area contributed by atoms with E-state index in [9.17, 15) is 0 Å². The fraction of sp³-hybridized carbons (Fsp3) is 0. The van der Waals surface area contributed by atoms with Crippen LogP contribution >= 0.6 is 11.6 Å². The Hall–Kier alpha value is -1.79. The predicted molar refractivity (Wildman–Crippen MR) is 53.7 cm³/mol. The van der Waals surface area contributed by atoms with E-state index in [0.717, 1.165) is 11.1 Å². The fourth-order valence-electron chi connectivity index (χ4n) is 1.27. The summed E-state index contributed by atoms with van der Waals surface area (Å²) >= 11 is 5.91. The number of rotatable bonds is 1. The molecule has 0 saturated heterocycles. The first-order valence-corrected chi connectivity index (χ1v) is 4.38. The molecule has 2 rings (SSSR count). The van der Waals surface area contributed by atoms with Gasteiger partial charge in [-0.3, -0.25) is 0 Å². The Morgan fingerprint density at radius 1 is 1.36 bits per heavy atom. The van der Waals surface area contributed by atoms with Gasteiger partial charge in [0.15, 0.2) is 0 Å². The number of nitrogens with zero attached hydrogens (tertiary/aromatic N) is 2. The van der Waals surface area contributed by atoms with Crippen LogP contribution in [0, 0.1) is 11.3 Å². The van der Waals surface area contributed by atoms with Crippen molar-refractivity contribution in [2.45, 2.75) is 0 Å². The molecule has 0 amide bonds. The van der Waals surface area contributed by atoms with Gasteiger partial charge in [-0.2, -0.15) is 5.26 Å². The van der Waals surface area contributed by atoms with Crippen molar-refractivity contribution in [2.24, 2.45) is 0 Å². The minimum absolute atomic E-state index is 0.406. The van der Waals surface area contributed by atoms with Gasteiger partial charge in [0.25, 0.3) is 0 Å². The molecule has 0 aliphatic rings. The average molecular weight is 204 g/mol. The van der Waals surface area contributed by atoms with Crippen LogP contribution in [0.25, 0.3) is 11.1 Å². The molecule has 2 aromatic heterocycles. The van der Waals surface area contributed by atoms with Crippen LogP contribution in [0.4, 0.5) is 0 Å². The van der Waals surface area contributed by atoms with Crippen molar-refractivity contribution in [3.63, 3.8) is 0 Å². The second kappa shape index (κ2) is 3.52. The van der Waals surface area contributed by atoms with Gasteiger partial charge in [-0.15, -0.1) is 0 Å². The van der Waals surface area contributed by atoms with Crippen molar-refractivity contribution in [2.75, 3.05) is 0 Å². The maximum absolute atomic E-state index is 8.83. The van der Waals surface area contributed by atoms with Crippen LogP contribution in [-0.4, -0.2) is 9.97 Å². The molecule has 0 saturated carbocycles. The van der Waals surface area contributed by atoms with E-state index in [0.29, 0.717) is 10.7 Å². The van der Waals surface area contributed by atoms with Gasteiger partial charge in [0, 0.05) is 29.7 Å². The summed E-state index contributed by atoms with van der Waals surface area (Å²) in [5.74, 6) is 0. The lowest BCUT2D eigenvalue weighted by Crippen LogP contribution is -1.82. The Labute approximate surface area is 86.0 Å². The van der Waals surface area contributed by atoms with Gasteiger partial charge in [-0.25, -0.2) is 4.98 Å². The van der Waals surface area contributed by atoms with Crippen molar-refractivity contribution in [3.8, 4) is 17.2 Å². The summed E-state index contributed by atoms with van der Waals surface area (Å²) in [5, 5.41) is 9.23. The van der Waals surface area contributed by atoms with Crippen LogP contribution < -0.4 is 0 Å². The molecule has 0 spiro atoms. The average Bonchev–Trinajstić information content (AvgIpc) is 2.66. The fourth-order valence-corrected chi connectivity index (χ4v) is 1.49. The second-order valence-electron chi connectivity index (χ2n) is 2.74. The molecule has 2 heterocycles. The molecule has 0 atom stereocenters. The highest BCUT2D eigenvalue weighted by Crippen LogP contribution is 2.27. The van der Waals surface area contributed by atoms with Crippen LogP contribution in [0.1, 0.15) is 5.56 Å². The van der Waals surface area contributed by atoms with Gasteiger partial charge in [-0.05, 0) is 12.1 Å². The number of halogens is 1. The summed E-state index contributed by atoms with van der Waals surface area (Å²) in [4.78, 5) is 6.82. The quantitative estimate of drug-likeness (QED) is 0.725. The molecule has 0 bridgehead atoms. The summed E-state index contributed by atoms with van der Waals surface area (Å²) in [6.07, 6.45) is 4.99. The Morgan fingerprint density at radius 2 is 2.21 bits per heavy atom. The van der Waals surface area contributed by atoms with Crippen LogP contribution in [0.5, 0.6) is 0 Å². The van der Waals surface area contributed by atoms with Crippen molar-refractivity contribution in [1.82, 2.24) is 9.97 Å². The molecule has 0 radical (unpaired) electrons. The van der Waals surface area contributed by atoms with Gasteiger partial charge in [-0.1, -0.05) is 11.6 Å². The smallest absolute Gasteiger partial charge is 0.136 e. The molecule has 0 aliphatic carbocycles. The normalized spacial score (nSPS) is 9.71. The monoisotopic (exact) mass is 203 g/mol. The van der Waals surface area contributed by atoms with E-state index >= 15 is 0 Å². The second-order valence-corrected chi connectivity index (χ2v) is 3.09. The first-order chi connectivity index (χ1) is 6.83. The van der Waals surface area contributed by atoms with Crippen molar-refractivity contribution in [1.29, 1.82) is 5.26 Å². The number of pyridine rings is 1. The molecule has 0 fully saturated rings. The van der Waals surface area contributed by atoms with Gasteiger partial charge >= 0.3 is 0 Å². The van der Waals surface area contributed by atoms with Crippen LogP contribution in [0.2, 0.25) is 5.15 Å². The van der Waals surface area contributed by atoms with E-state index < -0.39 is 0 Å². The molecule has 0 aromatic carbocycles. The number of aromatic nitrogens is 2. The zero-order chi connectivity index (χ0) is 9.97. The highest BCUT2D eigenvalue weighted by molar-refractivity contribution is 6.32. The molecule has 4 heteroatoms. The maximum Gasteiger partial charge on any atom is 0.136 e. The van der Waals surface area contributed by atoms with Crippen molar-refractivity contribution < 1.29 is 0 Å². The first kappa shape index (κ1) is 8.79. The van der Waals surface area contributed by atoms with Crippen molar-refractivity contribution in [3.05, 3.63) is 41.4 Å². The van der Waals surface area contributed by atoms with E-state index in [-0.39, 0.29) is 0 Å². The Balaban J connectivity index is 2.62. The zero-order valence-electron chi connectivity index (χ0n) is 7.16. The van der Waals surface area contributed by atoms with Crippen LogP contribution in [0.15, 0.2) is 30.7 Å². The van der Waals surface area contributed by atoms with Crippen molar-refractivity contribution >= 4 is 11.6 Å². The zero-order valence-corrected chi connectivity index (χ0v) is 7.92. The van der Waals surface area contributed by atoms with Gasteiger partial charge in [0.05, 0.1) is 5.56 Å². The third kappa shape index (κ3) is 1.36. The molecule has 0 aliphatic heterocycles. The van der Waals surface area contributed by atoms with E-state index in [2.05, 4.69) is 16.0 Å². The summed E-state index contributed by atoms with van der Waals surface area (Å²) < 4.78 is 0. The summed E-state index contributed by atoms with van der Waals surface area (Å²) in [7, 11) is 0. The van der Waals surface area contributed by atoms with Gasteiger partial charge in [0.2, 0.25) is 0 Å². The molecule has 68 valence electrons. The molecular weight excluding hydrogens is 198 g/mol. The number of H-pyrrole nitrogens is 1. The number of aromatic amines is 1. The van der Waals surface area contributed by atoms with E-state index in [1.54, 1.807) is 24.7 Å². The topological polar surface area (TPSA) is 52.5 Å². The number of nitrogens with one attached hydrogen (secondary N) is 1. The van der Waals surface area contributed by atoms with E-state index in [4.69, 9.17) is 16.9 Å². The molecule has 2 aromatic rings. The largest absolute Gasteiger partial charge is 0.366 e. The molecule has 14 heavy (non-hydrogen) atoms. The number of hydrogen-bond donors (Lipinski definition) is 1. The Bertz CT molecular complexity index is 496. The standard InChI is InChI=1S/C10H6ClN3/c11-10-8(2-1-3-14-10)9-6-13-5-7(9)4-12/h1-3,5-6,13H. The predicted octanol–water partition coefficient (Wildman–Crippen LogP) is 2.60. The lowest BCUT2D eigenvalue weighted by molar-refractivity contribution is 1.33. The van der Waals surface area contributed by atoms with Gasteiger partial charge in [0.1, 0.15) is 11.2 Å². The Morgan fingerprint density at radius 3 is 2.93 bits per heavy atom. The highest BCUT2D eigenvalue weighted by atomic mass is 35.5. The highest BCUT2D eigenvalue weighted by Gasteiger charge is 2.09. The number of nitriles is 1. The lowest BCUT2D eigenvalue weighted by atomic mass is 10.1. The maximum atomic E-state index is 8.83. The Kier molecular flexibility index (Phi) is 2.21.